The summed E-state index contributed by atoms with van der Waals surface area (Å²) in [7, 11) is 0. The predicted molar refractivity (Wildman–Crippen MR) is 179 cm³/mol. The molecule has 48 heavy (non-hydrogen) atoms. The third-order valence-electron chi connectivity index (χ3n) is 8.79. The molecule has 7 nitrogen and oxygen atoms in total. The summed E-state index contributed by atoms with van der Waals surface area (Å²) < 4.78 is 42.5. The first-order valence-electron chi connectivity index (χ1n) is 15.2. The largest absolute Gasteiger partial charge is 0.416 e. The van der Waals surface area contributed by atoms with Crippen LogP contribution in [0.15, 0.2) is 84.9 Å². The lowest BCUT2D eigenvalue weighted by Crippen LogP contribution is -2.35. The molecule has 0 fully saturated rings. The number of nitrogens with one attached hydrogen (secondary N) is 2. The minimum Gasteiger partial charge on any atom is -0.349 e. The van der Waals surface area contributed by atoms with E-state index >= 15 is 0 Å². The summed E-state index contributed by atoms with van der Waals surface area (Å²) in [5.41, 5.74) is 7.17. The number of fused-ring (bicyclic) bond motifs is 6. The molecule has 2 aliphatic rings. The van der Waals surface area contributed by atoms with Gasteiger partial charge in [-0.3, -0.25) is 9.59 Å². The van der Waals surface area contributed by atoms with Crippen LogP contribution >= 0.6 is 11.6 Å². The number of aromatic nitrogens is 2. The van der Waals surface area contributed by atoms with Gasteiger partial charge in [-0.15, -0.1) is 0 Å². The minimum absolute atomic E-state index is 0.0556. The molecule has 2 N–H and O–H groups in total. The van der Waals surface area contributed by atoms with Gasteiger partial charge < -0.3 is 19.8 Å². The van der Waals surface area contributed by atoms with Crippen LogP contribution in [0.5, 0.6) is 0 Å². The van der Waals surface area contributed by atoms with E-state index in [-0.39, 0.29) is 11.8 Å². The van der Waals surface area contributed by atoms with Gasteiger partial charge in [-0.25, -0.2) is 0 Å². The van der Waals surface area contributed by atoms with Gasteiger partial charge in [0.2, 0.25) is 0 Å². The summed E-state index contributed by atoms with van der Waals surface area (Å²) in [5.74, 6) is -0.209. The van der Waals surface area contributed by atoms with Crippen LogP contribution in [0.25, 0.3) is 44.1 Å². The van der Waals surface area contributed by atoms with Crippen molar-refractivity contribution < 1.29 is 22.8 Å². The van der Waals surface area contributed by atoms with Crippen molar-refractivity contribution in [2.75, 3.05) is 13.1 Å². The SMILES string of the molecule is Cc1c2n(c3c(-c4ccc(C(F)(F)F)cc4)cc(Cl)cc13)CCNC2=O.N#Cc1cc(-c2ccccc2)c2c(c1)cc1n2CCNC1=O. The normalized spacial score (nSPS) is 14.0. The molecule has 6 aromatic rings. The summed E-state index contributed by atoms with van der Waals surface area (Å²) >= 11 is 6.26. The van der Waals surface area contributed by atoms with E-state index in [4.69, 9.17) is 11.6 Å². The summed E-state index contributed by atoms with van der Waals surface area (Å²) in [4.78, 5) is 24.3. The monoisotopic (exact) mass is 665 g/mol. The van der Waals surface area contributed by atoms with Crippen LogP contribution in [-0.4, -0.2) is 34.0 Å². The zero-order valence-electron chi connectivity index (χ0n) is 25.6. The van der Waals surface area contributed by atoms with Gasteiger partial charge in [0.1, 0.15) is 11.4 Å². The highest BCUT2D eigenvalue weighted by Gasteiger charge is 2.31. The van der Waals surface area contributed by atoms with Crippen LogP contribution in [0, 0.1) is 18.3 Å². The Bertz CT molecular complexity index is 2300. The van der Waals surface area contributed by atoms with Gasteiger partial charge >= 0.3 is 6.18 Å². The number of nitriles is 1. The van der Waals surface area contributed by atoms with E-state index in [0.717, 1.165) is 57.2 Å². The van der Waals surface area contributed by atoms with Gasteiger partial charge in [0.15, 0.2) is 0 Å². The maximum Gasteiger partial charge on any atom is 0.416 e. The average molecular weight is 666 g/mol. The fraction of sp³-hybridized carbons (Fsp3) is 0.162. The molecule has 0 aliphatic carbocycles. The van der Waals surface area contributed by atoms with Crippen LogP contribution in [0.4, 0.5) is 13.2 Å². The highest BCUT2D eigenvalue weighted by Crippen LogP contribution is 2.39. The molecule has 0 saturated carbocycles. The lowest BCUT2D eigenvalue weighted by Gasteiger charge is -2.18. The first-order chi connectivity index (χ1) is 23.0. The molecule has 0 bridgehead atoms. The number of amides is 2. The van der Waals surface area contributed by atoms with Gasteiger partial charge in [0, 0.05) is 53.1 Å². The standard InChI is InChI=1S/C19H14ClF3N2O.C18H13N3O/c1-10-14-8-13(20)9-15(11-2-4-12(5-3-11)19(21,22)23)17(14)25-7-6-24-18(26)16(10)25;19-11-12-8-14-10-16-18(22)20-6-7-21(16)17(14)15(9-12)13-4-2-1-3-5-13/h2-5,8-9H,6-7H2,1H3,(H,24,26);1-5,8-10H,6-7H2,(H,20,22). The number of carbonyl (C=O) groups is 2. The molecular formula is C37H27ClF3N5O2. The average Bonchev–Trinajstić information content (AvgIpc) is 3.61. The molecule has 240 valence electrons. The molecule has 4 aromatic carbocycles. The summed E-state index contributed by atoms with van der Waals surface area (Å²) in [6, 6.07) is 26.3. The second kappa shape index (κ2) is 11.9. The van der Waals surface area contributed by atoms with Crippen LogP contribution in [-0.2, 0) is 19.3 Å². The molecule has 2 aromatic heterocycles. The molecule has 0 unspecified atom stereocenters. The number of benzene rings is 4. The molecule has 0 spiro atoms. The number of nitrogens with zero attached hydrogens (tertiary/aromatic N) is 3. The Morgan fingerprint density at radius 2 is 1.44 bits per heavy atom. The molecule has 8 rings (SSSR count). The van der Waals surface area contributed by atoms with E-state index in [9.17, 15) is 28.0 Å². The Balaban J connectivity index is 0.000000154. The molecule has 2 amide bonds. The summed E-state index contributed by atoms with van der Waals surface area (Å²) in [5, 5.41) is 17.2. The highest BCUT2D eigenvalue weighted by atomic mass is 35.5. The number of hydrogen-bond donors (Lipinski definition) is 2. The number of aryl methyl sites for hydroxylation is 1. The van der Waals surface area contributed by atoms with Crippen molar-refractivity contribution in [3.05, 3.63) is 118 Å². The second-order valence-corrected chi connectivity index (χ2v) is 12.1. The Morgan fingerprint density at radius 1 is 0.792 bits per heavy atom. The predicted octanol–water partition coefficient (Wildman–Crippen LogP) is 7.96. The number of alkyl halides is 3. The zero-order chi connectivity index (χ0) is 33.7. The molecular weight excluding hydrogens is 639 g/mol. The van der Waals surface area contributed by atoms with E-state index in [1.54, 1.807) is 12.1 Å². The van der Waals surface area contributed by atoms with Crippen LogP contribution in [0.3, 0.4) is 0 Å². The fourth-order valence-corrected chi connectivity index (χ4v) is 6.88. The number of hydrogen-bond acceptors (Lipinski definition) is 3. The molecule has 2 aliphatic heterocycles. The fourth-order valence-electron chi connectivity index (χ4n) is 6.67. The molecule has 4 heterocycles. The lowest BCUT2D eigenvalue weighted by atomic mass is 10.0. The molecule has 0 atom stereocenters. The molecule has 0 saturated heterocycles. The van der Waals surface area contributed by atoms with Crippen molar-refractivity contribution in [1.29, 1.82) is 5.26 Å². The van der Waals surface area contributed by atoms with E-state index in [2.05, 4.69) is 21.3 Å². The quantitative estimate of drug-likeness (QED) is 0.197. The van der Waals surface area contributed by atoms with Crippen molar-refractivity contribution >= 4 is 45.2 Å². The zero-order valence-corrected chi connectivity index (χ0v) is 26.3. The van der Waals surface area contributed by atoms with Crippen LogP contribution in [0.1, 0.15) is 37.7 Å². The van der Waals surface area contributed by atoms with Crippen molar-refractivity contribution in [2.24, 2.45) is 0 Å². The van der Waals surface area contributed by atoms with Crippen molar-refractivity contribution in [3.8, 4) is 28.3 Å². The van der Waals surface area contributed by atoms with Crippen LogP contribution < -0.4 is 10.6 Å². The Morgan fingerprint density at radius 3 is 2.12 bits per heavy atom. The van der Waals surface area contributed by atoms with E-state index in [1.165, 1.54) is 12.1 Å². The third-order valence-corrected chi connectivity index (χ3v) is 9.01. The minimum atomic E-state index is -4.38. The van der Waals surface area contributed by atoms with Gasteiger partial charge in [0.05, 0.1) is 28.2 Å². The third kappa shape index (κ3) is 5.36. The Hall–Kier alpha value is -5.53. The number of carbonyl (C=O) groups excluding carboxylic acids is 2. The van der Waals surface area contributed by atoms with E-state index in [1.807, 2.05) is 60.0 Å². The van der Waals surface area contributed by atoms with Crippen molar-refractivity contribution in [1.82, 2.24) is 19.8 Å². The van der Waals surface area contributed by atoms with Crippen molar-refractivity contribution in [3.63, 3.8) is 0 Å². The molecule has 11 heteroatoms. The van der Waals surface area contributed by atoms with Gasteiger partial charge in [0.25, 0.3) is 11.8 Å². The van der Waals surface area contributed by atoms with E-state index < -0.39 is 11.7 Å². The smallest absolute Gasteiger partial charge is 0.349 e. The first-order valence-corrected chi connectivity index (χ1v) is 15.6. The van der Waals surface area contributed by atoms with Gasteiger partial charge in [-0.1, -0.05) is 54.1 Å². The Kier molecular flexibility index (Phi) is 7.72. The maximum absolute atomic E-state index is 12.8. The summed E-state index contributed by atoms with van der Waals surface area (Å²) in [6.07, 6.45) is -4.38. The molecule has 0 radical (unpaired) electrons. The second-order valence-electron chi connectivity index (χ2n) is 11.7. The highest BCUT2D eigenvalue weighted by molar-refractivity contribution is 6.32. The van der Waals surface area contributed by atoms with Crippen molar-refractivity contribution in [2.45, 2.75) is 26.2 Å². The van der Waals surface area contributed by atoms with Gasteiger partial charge in [-0.2, -0.15) is 18.4 Å². The number of rotatable bonds is 2. The lowest BCUT2D eigenvalue weighted by molar-refractivity contribution is -0.137. The van der Waals surface area contributed by atoms with E-state index in [0.29, 0.717) is 52.7 Å². The summed E-state index contributed by atoms with van der Waals surface area (Å²) in [6.45, 7) is 4.33. The topological polar surface area (TPSA) is 91.8 Å². The van der Waals surface area contributed by atoms with Crippen LogP contribution in [0.2, 0.25) is 5.02 Å². The van der Waals surface area contributed by atoms with Gasteiger partial charge in [-0.05, 0) is 66.1 Å². The number of halogens is 4. The first kappa shape index (κ1) is 31.1. The maximum atomic E-state index is 12.8. The Labute approximate surface area is 278 Å².